The molecule has 0 aromatic heterocycles. The van der Waals surface area contributed by atoms with E-state index in [2.05, 4.69) is 19.2 Å². The van der Waals surface area contributed by atoms with Gasteiger partial charge in [-0.3, -0.25) is 9.59 Å². The van der Waals surface area contributed by atoms with Gasteiger partial charge in [0, 0.05) is 30.8 Å². The van der Waals surface area contributed by atoms with E-state index in [1.807, 2.05) is 23.1 Å². The maximum absolute atomic E-state index is 12.1. The van der Waals surface area contributed by atoms with Gasteiger partial charge >= 0.3 is 0 Å². The lowest BCUT2D eigenvalue weighted by atomic mass is 9.84. The third kappa shape index (κ3) is 3.53. The van der Waals surface area contributed by atoms with Gasteiger partial charge < -0.3 is 10.2 Å². The normalized spacial score (nSPS) is 19.7. The number of carbonyl (C=O) groups excluding carboxylic acids is 2. The van der Waals surface area contributed by atoms with Gasteiger partial charge in [0.05, 0.1) is 12.5 Å². The number of rotatable bonds is 4. The molecular formula is C18H23N3O2. The number of nitrogens with one attached hydrogen (secondary N) is 1. The molecule has 2 rings (SSSR count). The molecule has 1 aromatic carbocycles. The van der Waals surface area contributed by atoms with Crippen LogP contribution in [0.25, 0.3) is 0 Å². The molecule has 0 unspecified atom stereocenters. The Bertz CT molecular complexity index is 648. The van der Waals surface area contributed by atoms with Crippen LogP contribution in [0, 0.1) is 17.2 Å². The predicted octanol–water partition coefficient (Wildman–Crippen LogP) is 2.65. The van der Waals surface area contributed by atoms with E-state index >= 15 is 0 Å². The summed E-state index contributed by atoms with van der Waals surface area (Å²) in [7, 11) is 0. The molecule has 2 amide bonds. The first-order valence-electron chi connectivity index (χ1n) is 8.07. The molecule has 23 heavy (non-hydrogen) atoms. The Morgan fingerprint density at radius 3 is 2.78 bits per heavy atom. The number of fused-ring (bicyclic) bond motifs is 1. The first-order valence-corrected chi connectivity index (χ1v) is 8.07. The summed E-state index contributed by atoms with van der Waals surface area (Å²) in [5, 5.41) is 11.3. The van der Waals surface area contributed by atoms with Crippen LogP contribution in [0.4, 0.5) is 5.69 Å². The van der Waals surface area contributed by atoms with Gasteiger partial charge in [-0.15, -0.1) is 0 Å². The lowest BCUT2D eigenvalue weighted by molar-refractivity contribution is -0.117. The van der Waals surface area contributed by atoms with Crippen molar-refractivity contribution in [3.05, 3.63) is 29.3 Å². The van der Waals surface area contributed by atoms with Crippen LogP contribution in [0.3, 0.4) is 0 Å². The Morgan fingerprint density at radius 2 is 2.17 bits per heavy atom. The molecule has 1 aliphatic rings. The summed E-state index contributed by atoms with van der Waals surface area (Å²) >= 11 is 0. The fourth-order valence-corrected chi connectivity index (χ4v) is 3.36. The summed E-state index contributed by atoms with van der Waals surface area (Å²) in [5.74, 6) is 0.215. The Kier molecular flexibility index (Phi) is 5.38. The molecule has 5 nitrogen and oxygen atoms in total. The zero-order chi connectivity index (χ0) is 17.0. The zero-order valence-electron chi connectivity index (χ0n) is 13.9. The van der Waals surface area contributed by atoms with Crippen LogP contribution in [0.15, 0.2) is 18.2 Å². The van der Waals surface area contributed by atoms with Crippen LogP contribution < -0.4 is 10.2 Å². The molecule has 1 aliphatic heterocycles. The number of carbonyl (C=O) groups is 2. The van der Waals surface area contributed by atoms with E-state index < -0.39 is 0 Å². The zero-order valence-corrected chi connectivity index (χ0v) is 13.9. The average molecular weight is 313 g/mol. The van der Waals surface area contributed by atoms with Crippen molar-refractivity contribution in [3.63, 3.8) is 0 Å². The Balaban J connectivity index is 2.30. The smallest absolute Gasteiger partial charge is 0.251 e. The molecule has 1 heterocycles. The highest BCUT2D eigenvalue weighted by atomic mass is 16.2. The van der Waals surface area contributed by atoms with Gasteiger partial charge in [0.1, 0.15) is 0 Å². The minimum absolute atomic E-state index is 0.0378. The van der Waals surface area contributed by atoms with Gasteiger partial charge in [0.25, 0.3) is 5.91 Å². The molecule has 0 saturated carbocycles. The summed E-state index contributed by atoms with van der Waals surface area (Å²) < 4.78 is 0. The first kappa shape index (κ1) is 17.0. The molecule has 5 heteroatoms. The Morgan fingerprint density at radius 1 is 1.43 bits per heavy atom. The first-order chi connectivity index (χ1) is 11.0. The molecule has 0 fully saturated rings. The number of hydrogen-bond donors (Lipinski definition) is 1. The summed E-state index contributed by atoms with van der Waals surface area (Å²) in [6.45, 7) is 6.18. The number of hydrogen-bond acceptors (Lipinski definition) is 3. The van der Waals surface area contributed by atoms with Crippen LogP contribution in [-0.2, 0) is 11.2 Å². The van der Waals surface area contributed by atoms with E-state index in [0.29, 0.717) is 24.4 Å². The molecule has 2 atom stereocenters. The van der Waals surface area contributed by atoms with Crippen molar-refractivity contribution in [1.29, 1.82) is 5.26 Å². The molecule has 1 N–H and O–H groups in total. The average Bonchev–Trinajstić information content (AvgIpc) is 2.52. The van der Waals surface area contributed by atoms with Gasteiger partial charge in [0.15, 0.2) is 0 Å². The van der Waals surface area contributed by atoms with E-state index in [1.54, 1.807) is 13.0 Å². The number of nitriles is 1. The van der Waals surface area contributed by atoms with Crippen LogP contribution >= 0.6 is 0 Å². The standard InChI is InChI=1S/C18H23N3O2/c1-4-16-12(2)10-15-11-14(18(23)20-9-5-8-19)6-7-17(15)21(16)13(3)22/h6-7,11-12,16H,4-5,9-10H2,1-3H3,(H,20,23)/t12-,16+/m1/s1. The minimum Gasteiger partial charge on any atom is -0.351 e. The minimum atomic E-state index is -0.178. The molecule has 0 bridgehead atoms. The second-order valence-corrected chi connectivity index (χ2v) is 6.05. The van der Waals surface area contributed by atoms with Crippen molar-refractivity contribution >= 4 is 17.5 Å². The monoisotopic (exact) mass is 313 g/mol. The summed E-state index contributed by atoms with van der Waals surface area (Å²) in [4.78, 5) is 26.1. The third-order valence-electron chi connectivity index (χ3n) is 4.41. The summed E-state index contributed by atoms with van der Waals surface area (Å²) in [6, 6.07) is 7.69. The Hall–Kier alpha value is -2.35. The number of benzene rings is 1. The second kappa shape index (κ2) is 7.28. The van der Waals surface area contributed by atoms with Crippen LogP contribution in [0.5, 0.6) is 0 Å². The van der Waals surface area contributed by atoms with E-state index in [1.165, 1.54) is 0 Å². The lowest BCUT2D eigenvalue weighted by Gasteiger charge is -2.40. The van der Waals surface area contributed by atoms with Gasteiger partial charge in [-0.05, 0) is 42.5 Å². The lowest BCUT2D eigenvalue weighted by Crippen LogP contribution is -2.46. The SMILES string of the molecule is CC[C@H]1[C@H](C)Cc2cc(C(=O)NCCC#N)ccc2N1C(C)=O. The highest BCUT2D eigenvalue weighted by Crippen LogP contribution is 2.35. The van der Waals surface area contributed by atoms with Crippen molar-refractivity contribution in [2.24, 2.45) is 5.92 Å². The molecule has 0 saturated heterocycles. The van der Waals surface area contributed by atoms with Crippen molar-refractivity contribution in [1.82, 2.24) is 5.32 Å². The van der Waals surface area contributed by atoms with Crippen LogP contribution in [-0.4, -0.2) is 24.4 Å². The fourth-order valence-electron chi connectivity index (χ4n) is 3.36. The van der Waals surface area contributed by atoms with Gasteiger partial charge in [-0.2, -0.15) is 5.26 Å². The van der Waals surface area contributed by atoms with Crippen LogP contribution in [0.2, 0.25) is 0 Å². The van der Waals surface area contributed by atoms with Crippen molar-refractivity contribution in [2.45, 2.75) is 46.1 Å². The molecular weight excluding hydrogens is 290 g/mol. The van der Waals surface area contributed by atoms with E-state index in [0.717, 1.165) is 24.1 Å². The van der Waals surface area contributed by atoms with Gasteiger partial charge in [-0.25, -0.2) is 0 Å². The van der Waals surface area contributed by atoms with E-state index in [4.69, 9.17) is 5.26 Å². The topological polar surface area (TPSA) is 73.2 Å². The number of amides is 2. The molecule has 0 spiro atoms. The predicted molar refractivity (Wildman–Crippen MR) is 89.1 cm³/mol. The molecule has 1 aromatic rings. The van der Waals surface area contributed by atoms with Gasteiger partial charge in [0.2, 0.25) is 5.91 Å². The quantitative estimate of drug-likeness (QED) is 0.869. The molecule has 0 aliphatic carbocycles. The third-order valence-corrected chi connectivity index (χ3v) is 4.41. The highest BCUT2D eigenvalue weighted by Gasteiger charge is 2.33. The van der Waals surface area contributed by atoms with Crippen molar-refractivity contribution in [2.75, 3.05) is 11.4 Å². The van der Waals surface area contributed by atoms with Crippen molar-refractivity contribution in [3.8, 4) is 6.07 Å². The second-order valence-electron chi connectivity index (χ2n) is 6.05. The van der Waals surface area contributed by atoms with Crippen LogP contribution in [0.1, 0.15) is 49.5 Å². The number of nitrogens with zero attached hydrogens (tertiary/aromatic N) is 2. The molecule has 122 valence electrons. The Labute approximate surface area is 137 Å². The maximum atomic E-state index is 12.1. The largest absolute Gasteiger partial charge is 0.351 e. The summed E-state index contributed by atoms with van der Waals surface area (Å²) in [6.07, 6.45) is 2.07. The number of anilines is 1. The van der Waals surface area contributed by atoms with E-state index in [9.17, 15) is 9.59 Å². The maximum Gasteiger partial charge on any atom is 0.251 e. The van der Waals surface area contributed by atoms with Crippen molar-refractivity contribution < 1.29 is 9.59 Å². The van der Waals surface area contributed by atoms with Gasteiger partial charge in [-0.1, -0.05) is 13.8 Å². The fraction of sp³-hybridized carbons (Fsp3) is 0.500. The molecule has 0 radical (unpaired) electrons. The highest BCUT2D eigenvalue weighted by molar-refractivity contribution is 5.97. The van der Waals surface area contributed by atoms with E-state index in [-0.39, 0.29) is 17.9 Å². The summed E-state index contributed by atoms with van der Waals surface area (Å²) in [5.41, 5.74) is 2.52.